The number of sulfone groups is 1. The lowest BCUT2D eigenvalue weighted by Crippen LogP contribution is -2.27. The van der Waals surface area contributed by atoms with Crippen LogP contribution < -0.4 is 5.32 Å². The van der Waals surface area contributed by atoms with E-state index in [0.717, 1.165) is 12.8 Å². The summed E-state index contributed by atoms with van der Waals surface area (Å²) < 4.78 is 24.2. The molecule has 1 aliphatic rings. The van der Waals surface area contributed by atoms with E-state index in [2.05, 4.69) is 5.32 Å². The Labute approximate surface area is 123 Å². The summed E-state index contributed by atoms with van der Waals surface area (Å²) in [5.74, 6) is -1.46. The van der Waals surface area contributed by atoms with E-state index in [1.54, 1.807) is 0 Å². The highest BCUT2D eigenvalue weighted by Gasteiger charge is 2.24. The Morgan fingerprint density at radius 3 is 2.33 bits per heavy atom. The van der Waals surface area contributed by atoms with Crippen LogP contribution in [-0.4, -0.2) is 37.2 Å². The number of carbonyl (C=O) groups is 2. The number of amides is 1. The molecule has 0 radical (unpaired) electrons. The average Bonchev–Trinajstić information content (AvgIpc) is 3.20. The molecule has 1 aromatic rings. The Morgan fingerprint density at radius 1 is 1.19 bits per heavy atom. The van der Waals surface area contributed by atoms with Crippen molar-refractivity contribution in [3.8, 4) is 0 Å². The van der Waals surface area contributed by atoms with Crippen molar-refractivity contribution >= 4 is 21.7 Å². The van der Waals surface area contributed by atoms with Crippen molar-refractivity contribution in [2.45, 2.75) is 36.6 Å². The number of rotatable bonds is 7. The minimum absolute atomic E-state index is 0.0598. The van der Waals surface area contributed by atoms with Gasteiger partial charge in [-0.25, -0.2) is 8.42 Å². The van der Waals surface area contributed by atoms with Crippen molar-refractivity contribution in [1.29, 1.82) is 0 Å². The zero-order valence-corrected chi connectivity index (χ0v) is 12.2. The fourth-order valence-corrected chi connectivity index (χ4v) is 3.10. The van der Waals surface area contributed by atoms with Crippen LogP contribution in [0.1, 0.15) is 24.8 Å². The van der Waals surface area contributed by atoms with Gasteiger partial charge in [-0.1, -0.05) is 12.1 Å². The molecule has 1 aliphatic carbocycles. The van der Waals surface area contributed by atoms with Gasteiger partial charge in [0.05, 0.1) is 17.1 Å². The molecule has 2 N–H and O–H groups in total. The van der Waals surface area contributed by atoms with E-state index in [4.69, 9.17) is 5.11 Å². The van der Waals surface area contributed by atoms with Gasteiger partial charge in [0.1, 0.15) is 0 Å². The minimum Gasteiger partial charge on any atom is -0.481 e. The second-order valence-corrected chi connectivity index (χ2v) is 7.23. The van der Waals surface area contributed by atoms with Gasteiger partial charge < -0.3 is 10.4 Å². The lowest BCUT2D eigenvalue weighted by atomic mass is 10.2. The van der Waals surface area contributed by atoms with Gasteiger partial charge in [0.25, 0.3) is 0 Å². The first-order chi connectivity index (χ1) is 9.87. The SMILES string of the molecule is O=C(O)Cc1ccc(S(=O)(=O)CCC(=O)NC2CC2)cc1. The van der Waals surface area contributed by atoms with Crippen molar-refractivity contribution < 1.29 is 23.1 Å². The number of hydrogen-bond donors (Lipinski definition) is 2. The van der Waals surface area contributed by atoms with Gasteiger partial charge in [-0.3, -0.25) is 9.59 Å². The monoisotopic (exact) mass is 311 g/mol. The van der Waals surface area contributed by atoms with Crippen LogP contribution in [0.2, 0.25) is 0 Å². The largest absolute Gasteiger partial charge is 0.481 e. The summed E-state index contributed by atoms with van der Waals surface area (Å²) in [6.45, 7) is 0. The molecule has 0 heterocycles. The zero-order valence-electron chi connectivity index (χ0n) is 11.4. The average molecular weight is 311 g/mol. The fourth-order valence-electron chi connectivity index (χ4n) is 1.86. The Hall–Kier alpha value is -1.89. The molecular weight excluding hydrogens is 294 g/mol. The van der Waals surface area contributed by atoms with Gasteiger partial charge in [-0.05, 0) is 30.5 Å². The molecule has 0 aliphatic heterocycles. The van der Waals surface area contributed by atoms with E-state index in [9.17, 15) is 18.0 Å². The normalized spacial score (nSPS) is 14.7. The molecule has 0 atom stereocenters. The third kappa shape index (κ3) is 4.86. The Morgan fingerprint density at radius 2 is 1.81 bits per heavy atom. The number of nitrogens with one attached hydrogen (secondary N) is 1. The summed E-state index contributed by atoms with van der Waals surface area (Å²) in [6, 6.07) is 5.94. The third-order valence-corrected chi connectivity index (χ3v) is 4.91. The van der Waals surface area contributed by atoms with Crippen LogP contribution in [0, 0.1) is 0 Å². The highest BCUT2D eigenvalue weighted by Crippen LogP contribution is 2.19. The molecule has 0 unspecified atom stereocenters. The summed E-state index contributed by atoms with van der Waals surface area (Å²) in [5, 5.41) is 11.4. The van der Waals surface area contributed by atoms with Gasteiger partial charge in [-0.15, -0.1) is 0 Å². The molecule has 21 heavy (non-hydrogen) atoms. The molecule has 0 saturated heterocycles. The summed E-state index contributed by atoms with van der Waals surface area (Å²) in [5.41, 5.74) is 0.535. The van der Waals surface area contributed by atoms with E-state index in [-0.39, 0.29) is 35.4 Å². The van der Waals surface area contributed by atoms with Crippen LogP contribution in [0.15, 0.2) is 29.2 Å². The van der Waals surface area contributed by atoms with E-state index in [1.807, 2.05) is 0 Å². The van der Waals surface area contributed by atoms with Crippen LogP contribution >= 0.6 is 0 Å². The molecule has 0 spiro atoms. The predicted octanol–water partition coefficient (Wildman–Crippen LogP) is 0.756. The predicted molar refractivity (Wildman–Crippen MR) is 75.6 cm³/mol. The summed E-state index contributed by atoms with van der Waals surface area (Å²) >= 11 is 0. The lowest BCUT2D eigenvalue weighted by molar-refractivity contribution is -0.136. The van der Waals surface area contributed by atoms with E-state index < -0.39 is 15.8 Å². The maximum atomic E-state index is 12.1. The Kier molecular flexibility index (Phi) is 4.62. The second kappa shape index (κ2) is 6.26. The quantitative estimate of drug-likeness (QED) is 0.774. The van der Waals surface area contributed by atoms with Gasteiger partial charge in [0.2, 0.25) is 5.91 Å². The molecule has 1 saturated carbocycles. The van der Waals surface area contributed by atoms with Crippen molar-refractivity contribution in [1.82, 2.24) is 5.32 Å². The number of hydrogen-bond acceptors (Lipinski definition) is 4. The van der Waals surface area contributed by atoms with Crippen LogP contribution in [0.25, 0.3) is 0 Å². The smallest absolute Gasteiger partial charge is 0.307 e. The van der Waals surface area contributed by atoms with Crippen LogP contribution in [-0.2, 0) is 25.8 Å². The molecule has 0 bridgehead atoms. The maximum Gasteiger partial charge on any atom is 0.307 e. The van der Waals surface area contributed by atoms with Gasteiger partial charge in [-0.2, -0.15) is 0 Å². The van der Waals surface area contributed by atoms with E-state index >= 15 is 0 Å². The van der Waals surface area contributed by atoms with Gasteiger partial charge in [0.15, 0.2) is 9.84 Å². The van der Waals surface area contributed by atoms with E-state index in [1.165, 1.54) is 24.3 Å². The number of benzene rings is 1. The van der Waals surface area contributed by atoms with Gasteiger partial charge in [0, 0.05) is 12.5 Å². The second-order valence-electron chi connectivity index (χ2n) is 5.13. The molecule has 1 fully saturated rings. The highest BCUT2D eigenvalue weighted by molar-refractivity contribution is 7.91. The molecule has 114 valence electrons. The first kappa shape index (κ1) is 15.5. The lowest BCUT2D eigenvalue weighted by Gasteiger charge is -2.06. The van der Waals surface area contributed by atoms with Crippen molar-refractivity contribution in [3.05, 3.63) is 29.8 Å². The first-order valence-corrected chi connectivity index (χ1v) is 8.35. The topological polar surface area (TPSA) is 101 Å². The van der Waals surface area contributed by atoms with Crippen molar-refractivity contribution in [2.75, 3.05) is 5.75 Å². The number of carboxylic acids is 1. The van der Waals surface area contributed by atoms with Crippen LogP contribution in [0.4, 0.5) is 0 Å². The van der Waals surface area contributed by atoms with Crippen LogP contribution in [0.5, 0.6) is 0 Å². The molecule has 7 heteroatoms. The minimum atomic E-state index is -3.52. The molecule has 2 rings (SSSR count). The zero-order chi connectivity index (χ0) is 15.5. The molecule has 1 amide bonds. The number of aliphatic carboxylic acids is 1. The summed E-state index contributed by atoms with van der Waals surface area (Å²) in [4.78, 5) is 22.2. The maximum absolute atomic E-state index is 12.1. The Balaban J connectivity index is 1.94. The molecule has 6 nitrogen and oxygen atoms in total. The number of carboxylic acid groups (broad SMARTS) is 1. The summed E-state index contributed by atoms with van der Waals surface area (Å²) in [7, 11) is -3.52. The standard InChI is InChI=1S/C14H17NO5S/c16-13(15-11-3-4-11)7-8-21(19,20)12-5-1-10(2-6-12)9-14(17)18/h1-2,5-6,11H,3-4,7-9H2,(H,15,16)(H,17,18). The fraction of sp³-hybridized carbons (Fsp3) is 0.429. The number of carbonyl (C=O) groups excluding carboxylic acids is 1. The molecule has 0 aromatic heterocycles. The van der Waals surface area contributed by atoms with Crippen molar-refractivity contribution in [3.63, 3.8) is 0 Å². The first-order valence-electron chi connectivity index (χ1n) is 6.70. The molecule has 1 aromatic carbocycles. The third-order valence-electron chi connectivity index (χ3n) is 3.18. The Bertz CT molecular complexity index is 632. The summed E-state index contributed by atoms with van der Waals surface area (Å²) in [6.07, 6.45) is 1.72. The van der Waals surface area contributed by atoms with Gasteiger partial charge >= 0.3 is 5.97 Å². The van der Waals surface area contributed by atoms with E-state index in [0.29, 0.717) is 5.56 Å². The highest BCUT2D eigenvalue weighted by atomic mass is 32.2. The van der Waals surface area contributed by atoms with Crippen molar-refractivity contribution in [2.24, 2.45) is 0 Å². The van der Waals surface area contributed by atoms with Crippen LogP contribution in [0.3, 0.4) is 0 Å². The molecular formula is C14H17NO5S.